The third kappa shape index (κ3) is 3.81. The highest BCUT2D eigenvalue weighted by atomic mass is 16.4. The summed E-state index contributed by atoms with van der Waals surface area (Å²) in [5, 5.41) is 8.76. The van der Waals surface area contributed by atoms with Crippen molar-refractivity contribution < 1.29 is 14.7 Å². The van der Waals surface area contributed by atoms with Crippen molar-refractivity contribution in [3.8, 4) is 0 Å². The highest BCUT2D eigenvalue weighted by Crippen LogP contribution is 2.09. The standard InChI is InChI=1S/C15H19N3O3/c1-11(2)18(8-6-15(20)21)14(19)9-12-10-17-7-4-3-5-13(17)16-12/h3-5,7,10-11H,6,8-9H2,1-2H3,(H,20,21). The van der Waals surface area contributed by atoms with E-state index in [9.17, 15) is 9.59 Å². The molecule has 6 nitrogen and oxygen atoms in total. The normalized spacial score (nSPS) is 11.0. The zero-order valence-electron chi connectivity index (χ0n) is 12.2. The Kier molecular flexibility index (Phi) is 4.57. The Labute approximate surface area is 123 Å². The molecule has 0 aromatic carbocycles. The molecule has 0 atom stereocenters. The van der Waals surface area contributed by atoms with Gasteiger partial charge in [-0.25, -0.2) is 4.98 Å². The van der Waals surface area contributed by atoms with Crippen molar-refractivity contribution in [2.24, 2.45) is 0 Å². The monoisotopic (exact) mass is 289 g/mol. The van der Waals surface area contributed by atoms with E-state index in [4.69, 9.17) is 5.11 Å². The molecule has 0 bridgehead atoms. The minimum atomic E-state index is -0.902. The van der Waals surface area contributed by atoms with Gasteiger partial charge in [0.1, 0.15) is 5.65 Å². The molecule has 6 heteroatoms. The lowest BCUT2D eigenvalue weighted by Gasteiger charge is -2.25. The number of aromatic nitrogens is 2. The average molecular weight is 289 g/mol. The molecule has 21 heavy (non-hydrogen) atoms. The molecular formula is C15H19N3O3. The summed E-state index contributed by atoms with van der Waals surface area (Å²) in [6.07, 6.45) is 3.83. The molecule has 0 fully saturated rings. The first-order valence-electron chi connectivity index (χ1n) is 6.91. The van der Waals surface area contributed by atoms with E-state index in [0.29, 0.717) is 5.69 Å². The van der Waals surface area contributed by atoms with E-state index in [1.807, 2.05) is 48.8 Å². The molecular weight excluding hydrogens is 270 g/mol. The van der Waals surface area contributed by atoms with Crippen LogP contribution in [0.1, 0.15) is 26.0 Å². The molecule has 2 aromatic heterocycles. The fourth-order valence-corrected chi connectivity index (χ4v) is 2.22. The zero-order chi connectivity index (χ0) is 15.4. The Bertz CT molecular complexity index is 615. The lowest BCUT2D eigenvalue weighted by Crippen LogP contribution is -2.39. The Morgan fingerprint density at radius 3 is 2.76 bits per heavy atom. The van der Waals surface area contributed by atoms with Crippen LogP contribution in [0.2, 0.25) is 0 Å². The van der Waals surface area contributed by atoms with Gasteiger partial charge in [0.25, 0.3) is 0 Å². The topological polar surface area (TPSA) is 74.9 Å². The highest BCUT2D eigenvalue weighted by Gasteiger charge is 2.19. The second-order valence-corrected chi connectivity index (χ2v) is 5.20. The number of aliphatic carboxylic acids is 1. The molecule has 0 spiro atoms. The number of rotatable bonds is 6. The number of nitrogens with zero attached hydrogens (tertiary/aromatic N) is 3. The Hall–Kier alpha value is -2.37. The first-order valence-corrected chi connectivity index (χ1v) is 6.91. The number of carboxylic acid groups (broad SMARTS) is 1. The molecule has 0 radical (unpaired) electrons. The van der Waals surface area contributed by atoms with Crippen LogP contribution >= 0.6 is 0 Å². The van der Waals surface area contributed by atoms with Gasteiger partial charge in [-0.15, -0.1) is 0 Å². The number of hydrogen-bond acceptors (Lipinski definition) is 3. The number of carbonyl (C=O) groups excluding carboxylic acids is 1. The Morgan fingerprint density at radius 1 is 1.38 bits per heavy atom. The second kappa shape index (κ2) is 6.39. The maximum Gasteiger partial charge on any atom is 0.305 e. The molecule has 1 amide bonds. The van der Waals surface area contributed by atoms with Gasteiger partial charge in [0, 0.05) is 25.0 Å². The van der Waals surface area contributed by atoms with E-state index in [-0.39, 0.29) is 31.3 Å². The third-order valence-corrected chi connectivity index (χ3v) is 3.26. The first kappa shape index (κ1) is 15.0. The van der Waals surface area contributed by atoms with Crippen LogP contribution in [0.3, 0.4) is 0 Å². The van der Waals surface area contributed by atoms with E-state index in [2.05, 4.69) is 4.98 Å². The molecule has 0 aliphatic carbocycles. The van der Waals surface area contributed by atoms with Crippen molar-refractivity contribution in [2.75, 3.05) is 6.54 Å². The summed E-state index contributed by atoms with van der Waals surface area (Å²) in [5.41, 5.74) is 1.48. The smallest absolute Gasteiger partial charge is 0.305 e. The van der Waals surface area contributed by atoms with Crippen molar-refractivity contribution in [1.82, 2.24) is 14.3 Å². The van der Waals surface area contributed by atoms with Gasteiger partial charge in [0.2, 0.25) is 5.91 Å². The minimum absolute atomic E-state index is 0.0334. The predicted octanol–water partition coefficient (Wildman–Crippen LogP) is 1.59. The minimum Gasteiger partial charge on any atom is -0.481 e. The first-order chi connectivity index (χ1) is 9.97. The average Bonchev–Trinajstić information content (AvgIpc) is 2.79. The summed E-state index contributed by atoms with van der Waals surface area (Å²) >= 11 is 0. The summed E-state index contributed by atoms with van der Waals surface area (Å²) < 4.78 is 1.86. The largest absolute Gasteiger partial charge is 0.481 e. The second-order valence-electron chi connectivity index (χ2n) is 5.20. The molecule has 1 N–H and O–H groups in total. The van der Waals surface area contributed by atoms with Gasteiger partial charge in [-0.05, 0) is 26.0 Å². The Morgan fingerprint density at radius 2 is 2.14 bits per heavy atom. The fourth-order valence-electron chi connectivity index (χ4n) is 2.22. The highest BCUT2D eigenvalue weighted by molar-refractivity contribution is 5.79. The fraction of sp³-hybridized carbons (Fsp3) is 0.400. The molecule has 0 saturated carbocycles. The van der Waals surface area contributed by atoms with Crippen LogP contribution in [0.4, 0.5) is 0 Å². The Balaban J connectivity index is 2.08. The third-order valence-electron chi connectivity index (χ3n) is 3.26. The van der Waals surface area contributed by atoms with Crippen molar-refractivity contribution in [3.63, 3.8) is 0 Å². The lowest BCUT2D eigenvalue weighted by molar-refractivity contribution is -0.139. The van der Waals surface area contributed by atoms with E-state index < -0.39 is 5.97 Å². The lowest BCUT2D eigenvalue weighted by atomic mass is 10.2. The molecule has 0 unspecified atom stereocenters. The number of pyridine rings is 1. The number of hydrogen-bond donors (Lipinski definition) is 1. The van der Waals surface area contributed by atoms with Crippen molar-refractivity contribution in [1.29, 1.82) is 0 Å². The van der Waals surface area contributed by atoms with E-state index in [1.54, 1.807) is 4.90 Å². The molecule has 0 aliphatic heterocycles. The summed E-state index contributed by atoms with van der Waals surface area (Å²) in [5.74, 6) is -1.00. The van der Waals surface area contributed by atoms with Crippen molar-refractivity contribution >= 4 is 17.5 Å². The molecule has 2 aromatic rings. The van der Waals surface area contributed by atoms with Gasteiger partial charge in [0.15, 0.2) is 0 Å². The molecule has 0 aliphatic rings. The molecule has 0 saturated heterocycles. The number of imidazole rings is 1. The SMILES string of the molecule is CC(C)N(CCC(=O)O)C(=O)Cc1cn2ccccc2n1. The predicted molar refractivity (Wildman–Crippen MR) is 78.0 cm³/mol. The number of carboxylic acids is 1. The van der Waals surface area contributed by atoms with Crippen LogP contribution in [0.15, 0.2) is 30.6 Å². The summed E-state index contributed by atoms with van der Waals surface area (Å²) in [6, 6.07) is 5.63. The maximum atomic E-state index is 12.3. The van der Waals surface area contributed by atoms with Crippen molar-refractivity contribution in [3.05, 3.63) is 36.3 Å². The number of amides is 1. The van der Waals surface area contributed by atoms with Gasteiger partial charge in [-0.3, -0.25) is 9.59 Å². The maximum absolute atomic E-state index is 12.3. The molecule has 2 heterocycles. The quantitative estimate of drug-likeness (QED) is 0.876. The zero-order valence-corrected chi connectivity index (χ0v) is 12.2. The number of carbonyl (C=O) groups is 2. The van der Waals surface area contributed by atoms with Gasteiger partial charge < -0.3 is 14.4 Å². The van der Waals surface area contributed by atoms with E-state index in [1.165, 1.54) is 0 Å². The summed E-state index contributed by atoms with van der Waals surface area (Å²) in [6.45, 7) is 3.98. The van der Waals surface area contributed by atoms with E-state index >= 15 is 0 Å². The summed E-state index contributed by atoms with van der Waals surface area (Å²) in [7, 11) is 0. The van der Waals surface area contributed by atoms with Gasteiger partial charge in [-0.1, -0.05) is 6.07 Å². The van der Waals surface area contributed by atoms with Crippen LogP contribution in [-0.4, -0.2) is 43.9 Å². The van der Waals surface area contributed by atoms with Crippen LogP contribution in [0.5, 0.6) is 0 Å². The van der Waals surface area contributed by atoms with Gasteiger partial charge >= 0.3 is 5.97 Å². The van der Waals surface area contributed by atoms with E-state index in [0.717, 1.165) is 5.65 Å². The summed E-state index contributed by atoms with van der Waals surface area (Å²) in [4.78, 5) is 29.0. The number of fused-ring (bicyclic) bond motifs is 1. The van der Waals surface area contributed by atoms with Crippen LogP contribution in [0.25, 0.3) is 5.65 Å². The van der Waals surface area contributed by atoms with Gasteiger partial charge in [-0.2, -0.15) is 0 Å². The van der Waals surface area contributed by atoms with Crippen LogP contribution in [0, 0.1) is 0 Å². The van der Waals surface area contributed by atoms with Crippen molar-refractivity contribution in [2.45, 2.75) is 32.7 Å². The van der Waals surface area contributed by atoms with Crippen LogP contribution in [-0.2, 0) is 16.0 Å². The molecule has 2 rings (SSSR count). The molecule has 112 valence electrons. The van der Waals surface area contributed by atoms with Crippen LogP contribution < -0.4 is 0 Å². The van der Waals surface area contributed by atoms with Gasteiger partial charge in [0.05, 0.1) is 18.5 Å².